The zero-order chi connectivity index (χ0) is 16.1. The predicted octanol–water partition coefficient (Wildman–Crippen LogP) is 3.68. The Balaban J connectivity index is 0.000000400. The van der Waals surface area contributed by atoms with E-state index < -0.39 is 0 Å². The van der Waals surface area contributed by atoms with E-state index >= 15 is 0 Å². The molecule has 0 aromatic rings. The van der Waals surface area contributed by atoms with Gasteiger partial charge in [-0.05, 0) is 45.6 Å². The zero-order valence-corrected chi connectivity index (χ0v) is 14.6. The summed E-state index contributed by atoms with van der Waals surface area (Å²) in [5, 5.41) is 3.29. The topological polar surface area (TPSA) is 47.6 Å². The summed E-state index contributed by atoms with van der Waals surface area (Å²) < 4.78 is 10.3. The first-order valence-corrected chi connectivity index (χ1v) is 8.44. The maximum Gasteiger partial charge on any atom is 0.302 e. The Hall–Kier alpha value is -0.610. The quantitative estimate of drug-likeness (QED) is 0.729. The Labute approximate surface area is 131 Å². The highest BCUT2D eigenvalue weighted by atomic mass is 16.5. The lowest BCUT2D eigenvalue weighted by Gasteiger charge is -2.26. The standard InChI is InChI=1S/C9H16O3.C8H19N/c1-7(10)12-9-5-3-8(11-2)4-6-9;1-4-6-7-8(5-2)9-3/h8-9H,3-6H2,1-2H3;8-9H,4-7H2,1-3H3. The highest BCUT2D eigenvalue weighted by Gasteiger charge is 2.22. The first-order valence-electron chi connectivity index (χ1n) is 8.44. The van der Waals surface area contributed by atoms with Crippen molar-refractivity contribution in [2.75, 3.05) is 14.2 Å². The third kappa shape index (κ3) is 10.7. The van der Waals surface area contributed by atoms with Crippen LogP contribution in [0.15, 0.2) is 0 Å². The summed E-state index contributed by atoms with van der Waals surface area (Å²) in [5.74, 6) is -0.170. The number of ether oxygens (including phenoxy) is 2. The van der Waals surface area contributed by atoms with Gasteiger partial charge in [0.15, 0.2) is 0 Å². The van der Waals surface area contributed by atoms with Crippen molar-refractivity contribution in [3.8, 4) is 0 Å². The summed E-state index contributed by atoms with van der Waals surface area (Å²) in [6, 6.07) is 0.755. The molecule has 4 heteroatoms. The third-order valence-electron chi connectivity index (χ3n) is 4.09. The lowest BCUT2D eigenvalue weighted by molar-refractivity contribution is -0.149. The second-order valence-corrected chi connectivity index (χ2v) is 5.78. The molecule has 4 nitrogen and oxygen atoms in total. The molecular formula is C17H35NO3. The third-order valence-corrected chi connectivity index (χ3v) is 4.09. The molecule has 0 aromatic carbocycles. The van der Waals surface area contributed by atoms with Crippen LogP contribution in [0.2, 0.25) is 0 Å². The van der Waals surface area contributed by atoms with Gasteiger partial charge in [-0.25, -0.2) is 0 Å². The van der Waals surface area contributed by atoms with Crippen molar-refractivity contribution in [3.63, 3.8) is 0 Å². The van der Waals surface area contributed by atoms with E-state index in [1.54, 1.807) is 7.11 Å². The van der Waals surface area contributed by atoms with Gasteiger partial charge in [0.25, 0.3) is 0 Å². The number of hydrogen-bond donors (Lipinski definition) is 1. The lowest BCUT2D eigenvalue weighted by atomic mass is 9.95. The fraction of sp³-hybridized carbons (Fsp3) is 0.941. The summed E-state index contributed by atoms with van der Waals surface area (Å²) >= 11 is 0. The van der Waals surface area contributed by atoms with Crippen LogP contribution < -0.4 is 5.32 Å². The highest BCUT2D eigenvalue weighted by molar-refractivity contribution is 5.66. The van der Waals surface area contributed by atoms with Gasteiger partial charge in [-0.15, -0.1) is 0 Å². The van der Waals surface area contributed by atoms with Crippen LogP contribution in [-0.4, -0.2) is 38.4 Å². The maximum atomic E-state index is 10.6. The molecule has 0 amide bonds. The molecule has 0 aromatic heterocycles. The van der Waals surface area contributed by atoms with E-state index in [-0.39, 0.29) is 12.1 Å². The predicted molar refractivity (Wildman–Crippen MR) is 87.5 cm³/mol. The van der Waals surface area contributed by atoms with E-state index in [0.717, 1.165) is 31.7 Å². The van der Waals surface area contributed by atoms with Gasteiger partial charge in [0.05, 0.1) is 6.10 Å². The first-order chi connectivity index (χ1) is 10.1. The van der Waals surface area contributed by atoms with Crippen molar-refractivity contribution >= 4 is 5.97 Å². The fourth-order valence-corrected chi connectivity index (χ4v) is 2.62. The summed E-state index contributed by atoms with van der Waals surface area (Å²) in [4.78, 5) is 10.6. The Morgan fingerprint density at radius 1 is 1.19 bits per heavy atom. The molecule has 1 aliphatic rings. The first kappa shape index (κ1) is 20.4. The fourth-order valence-electron chi connectivity index (χ4n) is 2.62. The van der Waals surface area contributed by atoms with Gasteiger partial charge in [-0.2, -0.15) is 0 Å². The molecular weight excluding hydrogens is 266 g/mol. The molecule has 0 aliphatic heterocycles. The number of rotatable bonds is 7. The Kier molecular flexibility index (Phi) is 12.7. The molecule has 0 heterocycles. The van der Waals surface area contributed by atoms with Crippen LogP contribution in [0.4, 0.5) is 0 Å². The van der Waals surface area contributed by atoms with Crippen molar-refractivity contribution in [2.45, 2.75) is 90.4 Å². The molecule has 126 valence electrons. The van der Waals surface area contributed by atoms with Crippen LogP contribution in [-0.2, 0) is 14.3 Å². The summed E-state index contributed by atoms with van der Waals surface area (Å²) in [6.45, 7) is 5.93. The number of carbonyl (C=O) groups is 1. The van der Waals surface area contributed by atoms with Gasteiger partial charge in [-0.3, -0.25) is 4.79 Å². The Morgan fingerprint density at radius 3 is 2.14 bits per heavy atom. The van der Waals surface area contributed by atoms with Crippen molar-refractivity contribution in [2.24, 2.45) is 0 Å². The normalized spacial score (nSPS) is 22.9. The lowest BCUT2D eigenvalue weighted by Crippen LogP contribution is -2.26. The Bertz CT molecular complexity index is 246. The van der Waals surface area contributed by atoms with Crippen molar-refractivity contribution in [1.82, 2.24) is 5.32 Å². The van der Waals surface area contributed by atoms with Gasteiger partial charge in [0.2, 0.25) is 0 Å². The highest BCUT2D eigenvalue weighted by Crippen LogP contribution is 2.22. The molecule has 1 aliphatic carbocycles. The van der Waals surface area contributed by atoms with Crippen LogP contribution in [0.1, 0.15) is 72.1 Å². The molecule has 21 heavy (non-hydrogen) atoms. The van der Waals surface area contributed by atoms with Crippen LogP contribution in [0.5, 0.6) is 0 Å². The largest absolute Gasteiger partial charge is 0.463 e. The summed E-state index contributed by atoms with van der Waals surface area (Å²) in [5.41, 5.74) is 0. The zero-order valence-electron chi connectivity index (χ0n) is 14.6. The molecule has 0 saturated heterocycles. The molecule has 0 radical (unpaired) electrons. The van der Waals surface area contributed by atoms with Crippen molar-refractivity contribution < 1.29 is 14.3 Å². The number of unbranched alkanes of at least 4 members (excludes halogenated alkanes) is 1. The molecule has 0 bridgehead atoms. The number of esters is 1. The number of hydrogen-bond acceptors (Lipinski definition) is 4. The van der Waals surface area contributed by atoms with E-state index in [2.05, 4.69) is 19.2 Å². The number of methoxy groups -OCH3 is 1. The van der Waals surface area contributed by atoms with E-state index in [4.69, 9.17) is 9.47 Å². The molecule has 1 unspecified atom stereocenters. The average Bonchev–Trinajstić information content (AvgIpc) is 2.49. The summed E-state index contributed by atoms with van der Waals surface area (Å²) in [6.07, 6.45) is 9.68. The van der Waals surface area contributed by atoms with Crippen LogP contribution in [0, 0.1) is 0 Å². The average molecular weight is 301 g/mol. The monoisotopic (exact) mass is 301 g/mol. The maximum absolute atomic E-state index is 10.6. The van der Waals surface area contributed by atoms with E-state index in [0.29, 0.717) is 6.10 Å². The minimum absolute atomic E-state index is 0.133. The minimum atomic E-state index is -0.170. The summed E-state index contributed by atoms with van der Waals surface area (Å²) in [7, 11) is 3.78. The van der Waals surface area contributed by atoms with Gasteiger partial charge >= 0.3 is 5.97 Å². The molecule has 1 N–H and O–H groups in total. The van der Waals surface area contributed by atoms with Gasteiger partial charge in [0, 0.05) is 20.1 Å². The number of nitrogens with one attached hydrogen (secondary N) is 1. The van der Waals surface area contributed by atoms with E-state index in [1.807, 2.05) is 7.05 Å². The van der Waals surface area contributed by atoms with Crippen LogP contribution in [0.25, 0.3) is 0 Å². The van der Waals surface area contributed by atoms with Crippen molar-refractivity contribution in [1.29, 1.82) is 0 Å². The minimum Gasteiger partial charge on any atom is -0.463 e. The van der Waals surface area contributed by atoms with Gasteiger partial charge < -0.3 is 14.8 Å². The van der Waals surface area contributed by atoms with Crippen LogP contribution in [0.3, 0.4) is 0 Å². The van der Waals surface area contributed by atoms with E-state index in [1.165, 1.54) is 32.6 Å². The Morgan fingerprint density at radius 2 is 1.76 bits per heavy atom. The SMILES string of the molecule is CCCCC(CC)NC.COC1CCC(OC(C)=O)CC1. The van der Waals surface area contributed by atoms with Crippen LogP contribution >= 0.6 is 0 Å². The molecule has 1 fully saturated rings. The van der Waals surface area contributed by atoms with Gasteiger partial charge in [0.1, 0.15) is 6.10 Å². The molecule has 1 rings (SSSR count). The second kappa shape index (κ2) is 13.1. The van der Waals surface area contributed by atoms with Crippen molar-refractivity contribution in [3.05, 3.63) is 0 Å². The molecule has 1 atom stereocenters. The van der Waals surface area contributed by atoms with Gasteiger partial charge in [-0.1, -0.05) is 26.7 Å². The second-order valence-electron chi connectivity index (χ2n) is 5.78. The molecule has 1 saturated carbocycles. The van der Waals surface area contributed by atoms with E-state index in [9.17, 15) is 4.79 Å². The molecule has 0 spiro atoms. The smallest absolute Gasteiger partial charge is 0.302 e. The number of carbonyl (C=O) groups excluding carboxylic acids is 1.